The summed E-state index contributed by atoms with van der Waals surface area (Å²) in [6.07, 6.45) is 2.00. The second-order valence-corrected chi connectivity index (χ2v) is 6.00. The molecule has 4 heteroatoms. The highest BCUT2D eigenvalue weighted by Gasteiger charge is 2.41. The van der Waals surface area contributed by atoms with Crippen LogP contribution in [0.3, 0.4) is 0 Å². The Hall–Kier alpha value is -1.00. The summed E-state index contributed by atoms with van der Waals surface area (Å²) in [6, 6.07) is 7.63. The minimum absolute atomic E-state index is 0.0114. The van der Waals surface area contributed by atoms with Crippen LogP contribution in [-0.2, 0) is 15.1 Å². The van der Waals surface area contributed by atoms with E-state index in [1.54, 1.807) is 18.7 Å². The molecule has 0 radical (unpaired) electrons. The Morgan fingerprint density at radius 3 is 2.21 bits per heavy atom. The minimum atomic E-state index is -1.24. The van der Waals surface area contributed by atoms with Crippen LogP contribution < -0.4 is 0 Å². The zero-order chi connectivity index (χ0) is 14.6. The number of aliphatic hydroxyl groups is 1. The summed E-state index contributed by atoms with van der Waals surface area (Å²) in [6.45, 7) is 5.49. The van der Waals surface area contributed by atoms with Crippen LogP contribution in [0.2, 0.25) is 0 Å². The van der Waals surface area contributed by atoms with Gasteiger partial charge in [0.1, 0.15) is 5.60 Å². The Morgan fingerprint density at radius 2 is 1.84 bits per heavy atom. The van der Waals surface area contributed by atoms with Gasteiger partial charge in [0.05, 0.1) is 13.0 Å². The Bertz CT molecular complexity index is 424. The fraction of sp³-hybridized carbons (Fsp3) is 0.533. The van der Waals surface area contributed by atoms with Crippen molar-refractivity contribution >= 4 is 17.7 Å². The summed E-state index contributed by atoms with van der Waals surface area (Å²) in [7, 11) is 1.35. The maximum absolute atomic E-state index is 11.9. The number of thioether (sulfide) groups is 1. The predicted molar refractivity (Wildman–Crippen MR) is 78.1 cm³/mol. The molecule has 0 saturated heterocycles. The van der Waals surface area contributed by atoms with E-state index in [1.807, 2.05) is 44.4 Å². The van der Waals surface area contributed by atoms with E-state index in [-0.39, 0.29) is 11.9 Å². The lowest BCUT2D eigenvalue weighted by molar-refractivity contribution is -0.159. The molecule has 0 amide bonds. The second kappa shape index (κ2) is 6.44. The van der Waals surface area contributed by atoms with E-state index in [4.69, 9.17) is 4.74 Å². The molecule has 1 rings (SSSR count). The molecule has 0 fully saturated rings. The van der Waals surface area contributed by atoms with Gasteiger partial charge < -0.3 is 9.84 Å². The van der Waals surface area contributed by atoms with E-state index in [0.29, 0.717) is 0 Å². The van der Waals surface area contributed by atoms with Crippen molar-refractivity contribution in [2.45, 2.75) is 31.3 Å². The highest BCUT2D eigenvalue weighted by molar-refractivity contribution is 7.98. The maximum Gasteiger partial charge on any atom is 0.312 e. The number of methoxy groups -OCH3 is 1. The topological polar surface area (TPSA) is 46.5 Å². The number of carbonyl (C=O) groups excluding carboxylic acids is 1. The summed E-state index contributed by atoms with van der Waals surface area (Å²) in [5, 5.41) is 10.8. The minimum Gasteiger partial charge on any atom is -0.469 e. The number of hydrogen-bond acceptors (Lipinski definition) is 4. The quantitative estimate of drug-likeness (QED) is 0.666. The first-order valence-corrected chi connectivity index (χ1v) is 7.51. The fourth-order valence-electron chi connectivity index (χ4n) is 2.39. The van der Waals surface area contributed by atoms with Gasteiger partial charge in [-0.1, -0.05) is 26.0 Å². The van der Waals surface area contributed by atoms with Gasteiger partial charge in [-0.3, -0.25) is 4.79 Å². The SMILES string of the molecule is COC(=O)C(C(C)C)C(C)(O)c1ccc(SC)cc1. The first kappa shape index (κ1) is 16.1. The van der Waals surface area contributed by atoms with Crippen LogP contribution in [-0.4, -0.2) is 24.4 Å². The van der Waals surface area contributed by atoms with Crippen molar-refractivity contribution in [3.05, 3.63) is 29.8 Å². The van der Waals surface area contributed by atoms with Gasteiger partial charge in [0.25, 0.3) is 0 Å². The molecule has 0 aliphatic carbocycles. The van der Waals surface area contributed by atoms with E-state index in [2.05, 4.69) is 0 Å². The Labute approximate surface area is 119 Å². The Kier molecular flexibility index (Phi) is 5.44. The number of hydrogen-bond donors (Lipinski definition) is 1. The van der Waals surface area contributed by atoms with Crippen LogP contribution in [0, 0.1) is 11.8 Å². The average molecular weight is 282 g/mol. The number of rotatable bonds is 5. The zero-order valence-corrected chi connectivity index (χ0v) is 13.0. The third kappa shape index (κ3) is 3.51. The molecule has 0 saturated carbocycles. The van der Waals surface area contributed by atoms with Crippen molar-refractivity contribution in [1.82, 2.24) is 0 Å². The first-order chi connectivity index (χ1) is 8.84. The molecule has 0 aliphatic rings. The summed E-state index contributed by atoms with van der Waals surface area (Å²) in [5.41, 5.74) is -0.507. The van der Waals surface area contributed by atoms with E-state index >= 15 is 0 Å². The third-order valence-corrected chi connectivity index (χ3v) is 4.15. The van der Waals surface area contributed by atoms with Gasteiger partial charge in [-0.25, -0.2) is 0 Å². The zero-order valence-electron chi connectivity index (χ0n) is 12.1. The molecule has 19 heavy (non-hydrogen) atoms. The van der Waals surface area contributed by atoms with Gasteiger partial charge in [0.2, 0.25) is 0 Å². The van der Waals surface area contributed by atoms with Crippen LogP contribution in [0.15, 0.2) is 29.2 Å². The van der Waals surface area contributed by atoms with Crippen LogP contribution in [0.5, 0.6) is 0 Å². The Morgan fingerprint density at radius 1 is 1.32 bits per heavy atom. The molecule has 1 aromatic carbocycles. The summed E-state index contributed by atoms with van der Waals surface area (Å²) < 4.78 is 4.82. The molecule has 0 aliphatic heterocycles. The number of ether oxygens (including phenoxy) is 1. The number of esters is 1. The summed E-state index contributed by atoms with van der Waals surface area (Å²) in [5.74, 6) is -0.978. The lowest BCUT2D eigenvalue weighted by Gasteiger charge is -2.34. The standard InChI is InChI=1S/C15H22O3S/c1-10(2)13(14(16)18-4)15(3,17)11-6-8-12(19-5)9-7-11/h6-10,13,17H,1-5H3. The largest absolute Gasteiger partial charge is 0.469 e. The van der Waals surface area contributed by atoms with Crippen molar-refractivity contribution in [2.24, 2.45) is 11.8 Å². The average Bonchev–Trinajstić information content (AvgIpc) is 2.37. The van der Waals surface area contributed by atoms with Crippen LogP contribution in [0.25, 0.3) is 0 Å². The predicted octanol–water partition coefficient (Wildman–Crippen LogP) is 3.06. The molecule has 2 atom stereocenters. The molecule has 0 aromatic heterocycles. The van der Waals surface area contributed by atoms with Gasteiger partial charge >= 0.3 is 5.97 Å². The monoisotopic (exact) mass is 282 g/mol. The van der Waals surface area contributed by atoms with Gasteiger partial charge in [-0.15, -0.1) is 11.8 Å². The number of benzene rings is 1. The smallest absolute Gasteiger partial charge is 0.312 e. The molecule has 0 heterocycles. The second-order valence-electron chi connectivity index (χ2n) is 5.12. The van der Waals surface area contributed by atoms with Crippen molar-refractivity contribution < 1.29 is 14.6 Å². The van der Waals surface area contributed by atoms with Crippen LogP contribution in [0.1, 0.15) is 26.3 Å². The Balaban J connectivity index is 3.14. The third-order valence-electron chi connectivity index (χ3n) is 3.40. The van der Waals surface area contributed by atoms with Crippen LogP contribution in [0.4, 0.5) is 0 Å². The lowest BCUT2D eigenvalue weighted by atomic mass is 9.76. The summed E-state index contributed by atoms with van der Waals surface area (Å²) >= 11 is 1.64. The van der Waals surface area contributed by atoms with Crippen molar-refractivity contribution in [3.8, 4) is 0 Å². The van der Waals surface area contributed by atoms with E-state index < -0.39 is 11.5 Å². The molecule has 3 nitrogen and oxygen atoms in total. The molecule has 1 N–H and O–H groups in total. The van der Waals surface area contributed by atoms with Crippen molar-refractivity contribution in [3.63, 3.8) is 0 Å². The van der Waals surface area contributed by atoms with Gasteiger partial charge in [-0.2, -0.15) is 0 Å². The molecule has 106 valence electrons. The molecular formula is C15H22O3S. The van der Waals surface area contributed by atoms with Gasteiger partial charge in [0, 0.05) is 4.90 Å². The normalized spacial score (nSPS) is 15.9. The first-order valence-electron chi connectivity index (χ1n) is 6.29. The lowest BCUT2D eigenvalue weighted by Crippen LogP contribution is -2.41. The van der Waals surface area contributed by atoms with Crippen molar-refractivity contribution in [2.75, 3.05) is 13.4 Å². The fourth-order valence-corrected chi connectivity index (χ4v) is 2.79. The van der Waals surface area contributed by atoms with Crippen LogP contribution >= 0.6 is 11.8 Å². The summed E-state index contributed by atoms with van der Waals surface area (Å²) in [4.78, 5) is 13.0. The van der Waals surface area contributed by atoms with Gasteiger partial charge in [-0.05, 0) is 36.8 Å². The van der Waals surface area contributed by atoms with E-state index in [9.17, 15) is 9.90 Å². The van der Waals surface area contributed by atoms with Crippen molar-refractivity contribution in [1.29, 1.82) is 0 Å². The molecule has 2 unspecified atom stereocenters. The number of carbonyl (C=O) groups is 1. The van der Waals surface area contributed by atoms with E-state index in [1.165, 1.54) is 7.11 Å². The van der Waals surface area contributed by atoms with Gasteiger partial charge in [0.15, 0.2) is 0 Å². The molecule has 1 aromatic rings. The van der Waals surface area contributed by atoms with E-state index in [0.717, 1.165) is 10.5 Å². The highest BCUT2D eigenvalue weighted by atomic mass is 32.2. The highest BCUT2D eigenvalue weighted by Crippen LogP contribution is 2.35. The molecule has 0 bridgehead atoms. The maximum atomic E-state index is 11.9. The molecular weight excluding hydrogens is 260 g/mol. The molecule has 0 spiro atoms.